The molecule has 3 fully saturated rings. The molecule has 30 heavy (non-hydrogen) atoms. The molecule has 5 rings (SSSR count). The molecule has 0 bridgehead atoms. The van der Waals surface area contributed by atoms with E-state index in [1.54, 1.807) is 0 Å². The number of methoxy groups -OCH3 is 1. The molecule has 0 spiro atoms. The molecule has 1 aromatic heterocycles. The van der Waals surface area contributed by atoms with Crippen molar-refractivity contribution in [3.8, 4) is 0 Å². The summed E-state index contributed by atoms with van der Waals surface area (Å²) >= 11 is 0. The van der Waals surface area contributed by atoms with Crippen LogP contribution in [-0.4, -0.2) is 59.6 Å². The van der Waals surface area contributed by atoms with Gasteiger partial charge in [-0.25, -0.2) is 0 Å². The maximum Gasteiger partial charge on any atom is 0.305 e. The lowest BCUT2D eigenvalue weighted by Gasteiger charge is -2.57. The number of para-hydroxylation sites is 1. The van der Waals surface area contributed by atoms with Gasteiger partial charge in [0.15, 0.2) is 0 Å². The van der Waals surface area contributed by atoms with Crippen molar-refractivity contribution < 1.29 is 9.53 Å². The van der Waals surface area contributed by atoms with E-state index in [4.69, 9.17) is 4.74 Å². The van der Waals surface area contributed by atoms with Crippen molar-refractivity contribution in [1.82, 2.24) is 14.8 Å². The zero-order valence-corrected chi connectivity index (χ0v) is 18.2. The number of rotatable bonds is 6. The monoisotopic (exact) mass is 409 g/mol. The Morgan fingerprint density at radius 2 is 2.03 bits per heavy atom. The van der Waals surface area contributed by atoms with E-state index in [0.717, 1.165) is 37.3 Å². The Labute approximate surface area is 179 Å². The van der Waals surface area contributed by atoms with E-state index in [1.807, 2.05) is 0 Å². The molecule has 3 aliphatic heterocycles. The Morgan fingerprint density at radius 1 is 1.20 bits per heavy atom. The number of hydrogen-bond donors (Lipinski definition) is 1. The standard InChI is InChI=1S/C25H35N3O2/c1-30-24(29)12-4-11-23-21-9-6-14-27-13-5-7-18(25(21)27)16-28(23)17-19-15-26-22-10-3-2-8-20(19)22/h2-3,8,10,15,18,21,23,25-26H,4-7,9,11-14,16-17H2,1H3/t18-,21-,23-,25+/m1/s1. The van der Waals surface area contributed by atoms with E-state index in [0.29, 0.717) is 12.5 Å². The Bertz CT molecular complexity index is 876. The van der Waals surface area contributed by atoms with Crippen molar-refractivity contribution in [2.75, 3.05) is 26.7 Å². The van der Waals surface area contributed by atoms with Crippen molar-refractivity contribution in [3.63, 3.8) is 0 Å². The Hall–Kier alpha value is -1.85. The van der Waals surface area contributed by atoms with E-state index in [-0.39, 0.29) is 5.97 Å². The first-order valence-electron chi connectivity index (χ1n) is 11.8. The predicted octanol–water partition coefficient (Wildman–Crippen LogP) is 4.19. The van der Waals surface area contributed by atoms with Crippen molar-refractivity contribution in [1.29, 1.82) is 0 Å². The average molecular weight is 410 g/mol. The lowest BCUT2D eigenvalue weighted by Crippen LogP contribution is -2.64. The topological polar surface area (TPSA) is 48.6 Å². The third-order valence-electron chi connectivity index (χ3n) is 7.94. The number of aromatic amines is 1. The van der Waals surface area contributed by atoms with Gasteiger partial charge in [0.25, 0.3) is 0 Å². The molecular weight excluding hydrogens is 374 g/mol. The van der Waals surface area contributed by atoms with E-state index in [1.165, 1.54) is 68.9 Å². The zero-order chi connectivity index (χ0) is 20.5. The quantitative estimate of drug-likeness (QED) is 0.727. The number of carbonyl (C=O) groups is 1. The minimum Gasteiger partial charge on any atom is -0.469 e. The fourth-order valence-electron chi connectivity index (χ4n) is 6.70. The van der Waals surface area contributed by atoms with Crippen molar-refractivity contribution in [3.05, 3.63) is 36.0 Å². The van der Waals surface area contributed by atoms with Gasteiger partial charge in [-0.2, -0.15) is 0 Å². The van der Waals surface area contributed by atoms with Gasteiger partial charge in [-0.05, 0) is 75.1 Å². The second-order valence-electron chi connectivity index (χ2n) is 9.56. The summed E-state index contributed by atoms with van der Waals surface area (Å²) in [6, 6.07) is 9.96. The Morgan fingerprint density at radius 3 is 2.90 bits per heavy atom. The summed E-state index contributed by atoms with van der Waals surface area (Å²) in [5, 5.41) is 1.35. The largest absolute Gasteiger partial charge is 0.469 e. The van der Waals surface area contributed by atoms with Crippen LogP contribution in [0, 0.1) is 11.8 Å². The molecule has 0 saturated carbocycles. The van der Waals surface area contributed by atoms with Gasteiger partial charge in [0.1, 0.15) is 0 Å². The molecule has 5 nitrogen and oxygen atoms in total. The minimum absolute atomic E-state index is 0.0743. The van der Waals surface area contributed by atoms with Crippen LogP contribution in [0.1, 0.15) is 50.5 Å². The van der Waals surface area contributed by atoms with Crippen molar-refractivity contribution >= 4 is 16.9 Å². The van der Waals surface area contributed by atoms with Crippen LogP contribution < -0.4 is 0 Å². The number of carbonyl (C=O) groups excluding carboxylic acids is 1. The normalized spacial score (nSPS) is 29.6. The van der Waals surface area contributed by atoms with E-state index in [9.17, 15) is 4.79 Å². The molecule has 4 atom stereocenters. The smallest absolute Gasteiger partial charge is 0.305 e. The minimum atomic E-state index is -0.0743. The maximum absolute atomic E-state index is 11.7. The van der Waals surface area contributed by atoms with Crippen LogP contribution in [0.4, 0.5) is 0 Å². The molecule has 3 aliphatic rings. The lowest BCUT2D eigenvalue weighted by atomic mass is 9.69. The average Bonchev–Trinajstić information content (AvgIpc) is 3.18. The number of benzene rings is 1. The van der Waals surface area contributed by atoms with Gasteiger partial charge >= 0.3 is 5.97 Å². The molecule has 0 unspecified atom stereocenters. The summed E-state index contributed by atoms with van der Waals surface area (Å²) in [5.74, 6) is 1.46. The van der Waals surface area contributed by atoms with Gasteiger partial charge in [-0.15, -0.1) is 0 Å². The van der Waals surface area contributed by atoms with E-state index < -0.39 is 0 Å². The number of hydrogen-bond acceptors (Lipinski definition) is 4. The fourth-order valence-corrected chi connectivity index (χ4v) is 6.70. The van der Waals surface area contributed by atoms with Gasteiger partial charge in [0.05, 0.1) is 7.11 Å². The number of H-pyrrole nitrogens is 1. The molecule has 3 saturated heterocycles. The molecule has 0 aliphatic carbocycles. The van der Waals surface area contributed by atoms with Gasteiger partial charge in [-0.1, -0.05) is 18.2 Å². The third kappa shape index (κ3) is 3.78. The van der Waals surface area contributed by atoms with Crippen LogP contribution in [0.15, 0.2) is 30.5 Å². The van der Waals surface area contributed by atoms with Crippen LogP contribution in [0.2, 0.25) is 0 Å². The van der Waals surface area contributed by atoms with Crippen molar-refractivity contribution in [2.24, 2.45) is 11.8 Å². The van der Waals surface area contributed by atoms with Crippen LogP contribution in [0.25, 0.3) is 10.9 Å². The SMILES string of the molecule is COC(=O)CCC[C@@H]1[C@H]2CCCN3CCC[C@H](CN1Cc1c[nH]c4ccccc14)[C@@H]23. The predicted molar refractivity (Wildman–Crippen MR) is 119 cm³/mol. The number of piperidine rings is 3. The molecule has 1 aromatic carbocycles. The second kappa shape index (κ2) is 8.72. The summed E-state index contributed by atoms with van der Waals surface area (Å²) in [4.78, 5) is 20.8. The molecule has 0 amide bonds. The second-order valence-corrected chi connectivity index (χ2v) is 9.56. The van der Waals surface area contributed by atoms with Crippen LogP contribution in [0.3, 0.4) is 0 Å². The fraction of sp³-hybridized carbons (Fsp3) is 0.640. The third-order valence-corrected chi connectivity index (χ3v) is 7.94. The molecule has 162 valence electrons. The van der Waals surface area contributed by atoms with Gasteiger partial charge < -0.3 is 9.72 Å². The van der Waals surface area contributed by atoms with E-state index >= 15 is 0 Å². The molecule has 4 heterocycles. The molecular formula is C25H35N3O2. The summed E-state index contributed by atoms with van der Waals surface area (Å²) in [6.07, 6.45) is 10.1. The van der Waals surface area contributed by atoms with Crippen LogP contribution >= 0.6 is 0 Å². The highest BCUT2D eigenvalue weighted by molar-refractivity contribution is 5.82. The number of ether oxygens (including phenoxy) is 1. The molecule has 5 heteroatoms. The molecule has 0 radical (unpaired) electrons. The van der Waals surface area contributed by atoms with Gasteiger partial charge in [-0.3, -0.25) is 14.6 Å². The highest BCUT2D eigenvalue weighted by atomic mass is 16.5. The first-order chi connectivity index (χ1) is 14.7. The van der Waals surface area contributed by atoms with Gasteiger partial charge in [0, 0.05) is 48.7 Å². The van der Waals surface area contributed by atoms with Crippen molar-refractivity contribution in [2.45, 2.75) is 63.6 Å². The molecule has 2 aromatic rings. The number of nitrogens with zero attached hydrogens (tertiary/aromatic N) is 2. The summed E-state index contributed by atoms with van der Waals surface area (Å²) < 4.78 is 4.90. The summed E-state index contributed by atoms with van der Waals surface area (Å²) in [6.45, 7) is 4.77. The summed E-state index contributed by atoms with van der Waals surface area (Å²) in [5.41, 5.74) is 2.64. The van der Waals surface area contributed by atoms with E-state index in [2.05, 4.69) is 45.2 Å². The number of esters is 1. The number of fused-ring (bicyclic) bond motifs is 1. The Kier molecular flexibility index (Phi) is 5.83. The number of nitrogens with one attached hydrogen (secondary N) is 1. The highest BCUT2D eigenvalue weighted by Crippen LogP contribution is 2.44. The number of likely N-dealkylation sites (tertiary alicyclic amines) is 1. The summed E-state index contributed by atoms with van der Waals surface area (Å²) in [7, 11) is 1.50. The first kappa shape index (κ1) is 20.1. The van der Waals surface area contributed by atoms with Crippen LogP contribution in [-0.2, 0) is 16.1 Å². The number of aromatic nitrogens is 1. The Balaban J connectivity index is 1.40. The lowest BCUT2D eigenvalue weighted by molar-refractivity contribution is -0.141. The zero-order valence-electron chi connectivity index (χ0n) is 18.2. The first-order valence-corrected chi connectivity index (χ1v) is 11.8. The highest BCUT2D eigenvalue weighted by Gasteiger charge is 2.48. The maximum atomic E-state index is 11.7. The van der Waals surface area contributed by atoms with Gasteiger partial charge in [0.2, 0.25) is 0 Å². The molecule has 1 N–H and O–H groups in total. The van der Waals surface area contributed by atoms with Crippen LogP contribution in [0.5, 0.6) is 0 Å².